The van der Waals surface area contributed by atoms with Crippen molar-refractivity contribution >= 4 is 10.1 Å². The summed E-state index contributed by atoms with van der Waals surface area (Å²) in [4.78, 5) is 3.71. The molecule has 0 aliphatic carbocycles. The summed E-state index contributed by atoms with van der Waals surface area (Å²) < 4.78 is 0. The number of nitrogens with zero attached hydrogens (tertiary/aromatic N) is 1. The van der Waals surface area contributed by atoms with E-state index in [0.717, 1.165) is 0 Å². The van der Waals surface area contributed by atoms with Gasteiger partial charge in [0, 0.05) is 6.54 Å². The minimum Gasteiger partial charge on any atom is -0.339 e. The first-order valence-electron chi connectivity index (χ1n) is 4.56. The van der Waals surface area contributed by atoms with Crippen LogP contribution in [0.1, 0.15) is 20.8 Å². The predicted molar refractivity (Wildman–Crippen MR) is 62.3 cm³/mol. The normalized spacial score (nSPS) is 9.69. The van der Waals surface area contributed by atoms with E-state index in [1.807, 2.05) is 0 Å². The Kier molecular flexibility index (Phi) is 17.5. The summed E-state index contributed by atoms with van der Waals surface area (Å²) in [5, 5.41) is 0. The average Bonchev–Trinajstić information content (AvgIpc) is 1.82. The first-order chi connectivity index (χ1) is 5.36. The number of hydrogen-bond acceptors (Lipinski definition) is 1. The van der Waals surface area contributed by atoms with Gasteiger partial charge in [0.15, 0.2) is 0 Å². The standard InChI is InChI=1S/C6H16N2.C4H9.Be/c1-7(2)5-6-8(3)4;1-4(2)3;/h5-6H2,1-4H3;1-3H3;/q;-1;+2/p+1. The van der Waals surface area contributed by atoms with Crippen LogP contribution in [0.3, 0.4) is 0 Å². The third kappa shape index (κ3) is 47.5. The van der Waals surface area contributed by atoms with Gasteiger partial charge in [-0.2, -0.15) is 20.8 Å². The summed E-state index contributed by atoms with van der Waals surface area (Å²) in [7, 11) is 8.54. The van der Waals surface area contributed by atoms with Crippen LogP contribution in [0.4, 0.5) is 0 Å². The van der Waals surface area contributed by atoms with Crippen molar-refractivity contribution in [2.24, 2.45) is 0 Å². The molecule has 0 atom stereocenters. The monoisotopic (exact) mass is 183 g/mol. The summed E-state index contributed by atoms with van der Waals surface area (Å²) in [6, 6.07) is 0. The van der Waals surface area contributed by atoms with Crippen molar-refractivity contribution in [3.8, 4) is 0 Å². The predicted octanol–water partition coefficient (Wildman–Crippen LogP) is -0.0677. The summed E-state index contributed by atoms with van der Waals surface area (Å²) >= 11 is 0. The van der Waals surface area contributed by atoms with Crippen LogP contribution in [0.15, 0.2) is 0 Å². The second-order valence-corrected chi connectivity index (χ2v) is 4.26. The quantitative estimate of drug-likeness (QED) is 0.475. The van der Waals surface area contributed by atoms with Gasteiger partial charge in [-0.1, -0.05) is 0 Å². The molecule has 0 saturated heterocycles. The third-order valence-corrected chi connectivity index (χ3v) is 1.06. The van der Waals surface area contributed by atoms with Crippen LogP contribution in [-0.4, -0.2) is 56.3 Å². The minimum atomic E-state index is 0. The smallest absolute Gasteiger partial charge is 0.339 e. The maximum atomic E-state index is 2.20. The Labute approximate surface area is 88.5 Å². The van der Waals surface area contributed by atoms with Crippen LogP contribution in [0.5, 0.6) is 0 Å². The second-order valence-electron chi connectivity index (χ2n) is 4.26. The van der Waals surface area contributed by atoms with Crippen LogP contribution < -0.4 is 4.90 Å². The van der Waals surface area contributed by atoms with Crippen LogP contribution in [-0.2, 0) is 0 Å². The van der Waals surface area contributed by atoms with Gasteiger partial charge in [-0.15, -0.1) is 0 Å². The number of likely N-dealkylation sites (N-methyl/N-ethyl adjacent to an activating group) is 2. The van der Waals surface area contributed by atoms with Gasteiger partial charge in [-0.3, -0.25) is 0 Å². The van der Waals surface area contributed by atoms with Crippen molar-refractivity contribution in [2.45, 2.75) is 20.8 Å². The molecule has 1 N–H and O–H groups in total. The first kappa shape index (κ1) is 18.8. The van der Waals surface area contributed by atoms with Gasteiger partial charge in [-0.05, 0) is 14.1 Å². The van der Waals surface area contributed by atoms with E-state index in [1.54, 1.807) is 0 Å². The number of quaternary nitrogens is 1. The molecule has 76 valence electrons. The molecular formula is C10H26BeN2+2. The fraction of sp³-hybridized carbons (Fsp3) is 0.900. The molecule has 0 aliphatic rings. The molecule has 2 nitrogen and oxygen atoms in total. The van der Waals surface area contributed by atoms with E-state index in [2.05, 4.69) is 53.9 Å². The first-order valence-corrected chi connectivity index (χ1v) is 4.56. The summed E-state index contributed by atoms with van der Waals surface area (Å²) in [5.74, 6) is 1.42. The number of nitrogens with one attached hydrogen (secondary N) is 1. The molecule has 0 bridgehead atoms. The van der Waals surface area contributed by atoms with E-state index in [9.17, 15) is 0 Å². The number of rotatable bonds is 3. The molecule has 0 fully saturated rings. The Morgan fingerprint density at radius 3 is 1.46 bits per heavy atom. The van der Waals surface area contributed by atoms with Gasteiger partial charge in [-0.25, -0.2) is 0 Å². The van der Waals surface area contributed by atoms with Crippen molar-refractivity contribution in [1.82, 2.24) is 4.90 Å². The van der Waals surface area contributed by atoms with E-state index < -0.39 is 0 Å². The summed E-state index contributed by atoms with van der Waals surface area (Å²) in [6.07, 6.45) is 0. The van der Waals surface area contributed by atoms with Crippen LogP contribution in [0, 0.1) is 5.92 Å². The Hall–Kier alpha value is 0.0888. The van der Waals surface area contributed by atoms with Crippen molar-refractivity contribution in [3.05, 3.63) is 5.92 Å². The van der Waals surface area contributed by atoms with Crippen LogP contribution in [0.25, 0.3) is 0 Å². The summed E-state index contributed by atoms with van der Waals surface area (Å²) in [6.45, 7) is 8.66. The Morgan fingerprint density at radius 2 is 1.38 bits per heavy atom. The van der Waals surface area contributed by atoms with Gasteiger partial charge in [0.25, 0.3) is 0 Å². The fourth-order valence-electron chi connectivity index (χ4n) is 0.447. The average molecular weight is 183 g/mol. The van der Waals surface area contributed by atoms with Gasteiger partial charge < -0.3 is 15.7 Å². The molecular weight excluding hydrogens is 157 g/mol. The molecule has 0 amide bonds. The van der Waals surface area contributed by atoms with Crippen molar-refractivity contribution in [3.63, 3.8) is 0 Å². The SMILES string of the molecule is CN(C)CC[NH+](C)C.C[C-](C)C.[Be+2]. The zero-order chi connectivity index (χ0) is 10.1. The van der Waals surface area contributed by atoms with Crippen molar-refractivity contribution in [1.29, 1.82) is 0 Å². The molecule has 0 heterocycles. The second kappa shape index (κ2) is 12.1. The molecule has 0 aliphatic heterocycles. The molecule has 0 radical (unpaired) electrons. The van der Waals surface area contributed by atoms with E-state index in [-0.39, 0.29) is 10.1 Å². The largest absolute Gasteiger partial charge is 2.00 e. The fourth-order valence-corrected chi connectivity index (χ4v) is 0.447. The molecule has 13 heavy (non-hydrogen) atoms. The van der Waals surface area contributed by atoms with Gasteiger partial charge in [0.05, 0.1) is 20.6 Å². The number of hydrogen-bond donors (Lipinski definition) is 1. The van der Waals surface area contributed by atoms with Crippen LogP contribution in [0.2, 0.25) is 0 Å². The maximum absolute atomic E-state index is 2.20. The Morgan fingerprint density at radius 1 is 1.08 bits per heavy atom. The molecule has 0 aromatic heterocycles. The molecule has 0 unspecified atom stereocenters. The third-order valence-electron chi connectivity index (χ3n) is 1.06. The Balaban J connectivity index is -0.000000173. The van der Waals surface area contributed by atoms with Crippen LogP contribution >= 0.6 is 0 Å². The molecule has 3 heteroatoms. The molecule has 0 spiro atoms. The zero-order valence-electron chi connectivity index (χ0n) is 10.6. The zero-order valence-corrected chi connectivity index (χ0v) is 10.6. The molecule has 0 aromatic carbocycles. The molecule has 0 aromatic rings. The van der Waals surface area contributed by atoms with Crippen molar-refractivity contribution in [2.75, 3.05) is 41.3 Å². The van der Waals surface area contributed by atoms with E-state index in [0.29, 0.717) is 0 Å². The van der Waals surface area contributed by atoms with Gasteiger partial charge >= 0.3 is 10.1 Å². The van der Waals surface area contributed by atoms with Gasteiger partial charge in [0.1, 0.15) is 0 Å². The maximum Gasteiger partial charge on any atom is 2.00 e. The van der Waals surface area contributed by atoms with Gasteiger partial charge in [0.2, 0.25) is 0 Å². The summed E-state index contributed by atoms with van der Waals surface area (Å²) in [5.41, 5.74) is 0. The van der Waals surface area contributed by atoms with E-state index >= 15 is 0 Å². The van der Waals surface area contributed by atoms with E-state index in [4.69, 9.17) is 0 Å². The van der Waals surface area contributed by atoms with Crippen molar-refractivity contribution < 1.29 is 4.90 Å². The molecule has 0 rings (SSSR count). The van der Waals surface area contributed by atoms with E-state index in [1.165, 1.54) is 23.9 Å². The minimum absolute atomic E-state index is 0. The Bertz CT molecular complexity index is 72.2. The topological polar surface area (TPSA) is 7.68 Å². The molecule has 0 saturated carbocycles.